The Balaban J connectivity index is 2.08. The van der Waals surface area contributed by atoms with E-state index < -0.39 is 5.54 Å². The fourth-order valence-electron chi connectivity index (χ4n) is 2.06. The first-order chi connectivity index (χ1) is 9.03. The molecule has 0 aliphatic carbocycles. The number of likely N-dealkylation sites (N-methyl/N-ethyl adjacent to an activating group) is 1. The maximum atomic E-state index is 9.11. The summed E-state index contributed by atoms with van der Waals surface area (Å²) in [5.41, 5.74) is 0.913. The van der Waals surface area contributed by atoms with Gasteiger partial charge in [0.2, 0.25) is 0 Å². The molecule has 19 heavy (non-hydrogen) atoms. The molecule has 0 saturated carbocycles. The first kappa shape index (κ1) is 13.6. The summed E-state index contributed by atoms with van der Waals surface area (Å²) in [5, 5.41) is 11.7. The zero-order chi connectivity index (χ0) is 13.9. The van der Waals surface area contributed by atoms with Gasteiger partial charge in [-0.05, 0) is 43.7 Å². The van der Waals surface area contributed by atoms with Gasteiger partial charge >= 0.3 is 0 Å². The molecule has 2 rings (SSSR count). The van der Waals surface area contributed by atoms with Gasteiger partial charge < -0.3 is 0 Å². The van der Waals surface area contributed by atoms with Crippen molar-refractivity contribution in [2.24, 2.45) is 0 Å². The Morgan fingerprint density at radius 1 is 1.11 bits per heavy atom. The van der Waals surface area contributed by atoms with E-state index in [0.717, 1.165) is 13.0 Å². The molecule has 0 radical (unpaired) electrons. The second-order valence-corrected chi connectivity index (χ2v) is 5.52. The molecule has 0 amide bonds. The maximum absolute atomic E-state index is 9.11. The van der Waals surface area contributed by atoms with Crippen molar-refractivity contribution < 1.29 is 0 Å². The molecule has 0 atom stereocenters. The van der Waals surface area contributed by atoms with Gasteiger partial charge in [0.1, 0.15) is 5.54 Å². The standard InChI is InChI=1S/C17H20N2/c1-17(2,13-18)19(3)11-10-14-8-9-15-6-4-5-7-16(15)12-14/h4-9,12H,10-11H2,1-3H3. The van der Waals surface area contributed by atoms with E-state index in [0.29, 0.717) is 0 Å². The van der Waals surface area contributed by atoms with Crippen LogP contribution in [0, 0.1) is 11.3 Å². The second kappa shape index (κ2) is 5.42. The van der Waals surface area contributed by atoms with Gasteiger partial charge in [0, 0.05) is 6.54 Å². The number of fused-ring (bicyclic) bond motifs is 1. The summed E-state index contributed by atoms with van der Waals surface area (Å²) in [7, 11) is 2.00. The molecule has 0 aliphatic rings. The van der Waals surface area contributed by atoms with Gasteiger partial charge in [-0.25, -0.2) is 0 Å². The fraction of sp³-hybridized carbons (Fsp3) is 0.353. The van der Waals surface area contributed by atoms with Crippen LogP contribution in [0.1, 0.15) is 19.4 Å². The number of benzene rings is 2. The minimum atomic E-state index is -0.406. The zero-order valence-electron chi connectivity index (χ0n) is 11.9. The predicted octanol–water partition coefficient (Wildman–Crippen LogP) is 3.62. The summed E-state index contributed by atoms with van der Waals surface area (Å²) in [4.78, 5) is 2.10. The summed E-state index contributed by atoms with van der Waals surface area (Å²) in [6.45, 7) is 4.79. The average molecular weight is 252 g/mol. The van der Waals surface area contributed by atoms with Crippen molar-refractivity contribution in [3.63, 3.8) is 0 Å². The van der Waals surface area contributed by atoms with Gasteiger partial charge in [-0.1, -0.05) is 42.5 Å². The van der Waals surface area contributed by atoms with E-state index in [1.54, 1.807) is 0 Å². The third-order valence-corrected chi connectivity index (χ3v) is 3.78. The number of rotatable bonds is 4. The van der Waals surface area contributed by atoms with Gasteiger partial charge in [0.25, 0.3) is 0 Å². The zero-order valence-corrected chi connectivity index (χ0v) is 11.9. The highest BCUT2D eigenvalue weighted by atomic mass is 15.2. The molecule has 2 aromatic rings. The fourth-order valence-corrected chi connectivity index (χ4v) is 2.06. The number of hydrogen-bond donors (Lipinski definition) is 0. The molecule has 0 bridgehead atoms. The minimum Gasteiger partial charge on any atom is -0.289 e. The van der Waals surface area contributed by atoms with Crippen LogP contribution in [0.3, 0.4) is 0 Å². The smallest absolute Gasteiger partial charge is 0.103 e. The quantitative estimate of drug-likeness (QED) is 0.831. The summed E-state index contributed by atoms with van der Waals surface area (Å²) in [6.07, 6.45) is 0.965. The Morgan fingerprint density at radius 3 is 2.47 bits per heavy atom. The van der Waals surface area contributed by atoms with E-state index in [4.69, 9.17) is 5.26 Å². The van der Waals surface area contributed by atoms with Gasteiger partial charge in [-0.3, -0.25) is 4.90 Å². The van der Waals surface area contributed by atoms with Crippen LogP contribution in [0.15, 0.2) is 42.5 Å². The molecule has 0 aliphatic heterocycles. The van der Waals surface area contributed by atoms with Crippen LogP contribution in [-0.2, 0) is 6.42 Å². The van der Waals surface area contributed by atoms with E-state index in [9.17, 15) is 0 Å². The molecular formula is C17H20N2. The molecule has 98 valence electrons. The monoisotopic (exact) mass is 252 g/mol. The Kier molecular flexibility index (Phi) is 3.87. The van der Waals surface area contributed by atoms with Crippen molar-refractivity contribution in [2.75, 3.05) is 13.6 Å². The molecule has 0 fully saturated rings. The molecule has 2 nitrogen and oxygen atoms in total. The maximum Gasteiger partial charge on any atom is 0.103 e. The Labute approximate surface area is 115 Å². The third kappa shape index (κ3) is 3.13. The second-order valence-electron chi connectivity index (χ2n) is 5.52. The van der Waals surface area contributed by atoms with E-state index in [1.807, 2.05) is 20.9 Å². The number of hydrogen-bond acceptors (Lipinski definition) is 2. The Hall–Kier alpha value is -1.85. The highest BCUT2D eigenvalue weighted by Crippen LogP contribution is 2.17. The van der Waals surface area contributed by atoms with E-state index in [1.165, 1.54) is 16.3 Å². The summed E-state index contributed by atoms with van der Waals surface area (Å²) in [6, 6.07) is 17.3. The van der Waals surface area contributed by atoms with Gasteiger partial charge in [-0.15, -0.1) is 0 Å². The lowest BCUT2D eigenvalue weighted by Crippen LogP contribution is -2.40. The summed E-state index contributed by atoms with van der Waals surface area (Å²) in [5.74, 6) is 0. The van der Waals surface area contributed by atoms with Crippen LogP contribution in [0.2, 0.25) is 0 Å². The van der Waals surface area contributed by atoms with Gasteiger partial charge in [-0.2, -0.15) is 5.26 Å². The molecule has 2 aromatic carbocycles. The first-order valence-electron chi connectivity index (χ1n) is 6.63. The van der Waals surface area contributed by atoms with Gasteiger partial charge in [0.15, 0.2) is 0 Å². The van der Waals surface area contributed by atoms with Crippen molar-refractivity contribution in [1.29, 1.82) is 5.26 Å². The third-order valence-electron chi connectivity index (χ3n) is 3.78. The van der Waals surface area contributed by atoms with Crippen LogP contribution in [-0.4, -0.2) is 24.0 Å². The summed E-state index contributed by atoms with van der Waals surface area (Å²) < 4.78 is 0. The van der Waals surface area contributed by atoms with Crippen molar-refractivity contribution >= 4 is 10.8 Å². The van der Waals surface area contributed by atoms with Crippen molar-refractivity contribution in [2.45, 2.75) is 25.8 Å². The largest absolute Gasteiger partial charge is 0.289 e. The molecule has 2 heteroatoms. The van der Waals surface area contributed by atoms with E-state index >= 15 is 0 Å². The summed E-state index contributed by atoms with van der Waals surface area (Å²) >= 11 is 0. The lowest BCUT2D eigenvalue weighted by molar-refractivity contribution is 0.214. The first-order valence-corrected chi connectivity index (χ1v) is 6.63. The van der Waals surface area contributed by atoms with Crippen LogP contribution in [0.5, 0.6) is 0 Å². The van der Waals surface area contributed by atoms with Crippen LogP contribution < -0.4 is 0 Å². The topological polar surface area (TPSA) is 27.0 Å². The van der Waals surface area contributed by atoms with E-state index in [-0.39, 0.29) is 0 Å². The molecule has 0 N–H and O–H groups in total. The van der Waals surface area contributed by atoms with E-state index in [2.05, 4.69) is 53.4 Å². The SMILES string of the molecule is CN(CCc1ccc2ccccc2c1)C(C)(C)C#N. The van der Waals surface area contributed by atoms with Crippen LogP contribution >= 0.6 is 0 Å². The number of nitrogens with zero attached hydrogens (tertiary/aromatic N) is 2. The van der Waals surface area contributed by atoms with Crippen molar-refractivity contribution in [3.8, 4) is 6.07 Å². The molecular weight excluding hydrogens is 232 g/mol. The van der Waals surface area contributed by atoms with Crippen LogP contribution in [0.25, 0.3) is 10.8 Å². The average Bonchev–Trinajstić information content (AvgIpc) is 2.44. The Bertz CT molecular complexity index is 608. The molecule has 0 aromatic heterocycles. The molecule has 0 saturated heterocycles. The Morgan fingerprint density at radius 2 is 1.79 bits per heavy atom. The number of nitriles is 1. The van der Waals surface area contributed by atoms with Gasteiger partial charge in [0.05, 0.1) is 6.07 Å². The normalized spacial score (nSPS) is 11.7. The lowest BCUT2D eigenvalue weighted by Gasteiger charge is -2.28. The molecule has 0 unspecified atom stereocenters. The van der Waals surface area contributed by atoms with Crippen molar-refractivity contribution in [1.82, 2.24) is 4.90 Å². The minimum absolute atomic E-state index is 0.406. The highest BCUT2D eigenvalue weighted by Gasteiger charge is 2.22. The molecule has 0 spiro atoms. The van der Waals surface area contributed by atoms with Crippen molar-refractivity contribution in [3.05, 3.63) is 48.0 Å². The van der Waals surface area contributed by atoms with Crippen LogP contribution in [0.4, 0.5) is 0 Å². The predicted molar refractivity (Wildman–Crippen MR) is 80.0 cm³/mol. The lowest BCUT2D eigenvalue weighted by atomic mass is 10.0. The molecule has 0 heterocycles. The highest BCUT2D eigenvalue weighted by molar-refractivity contribution is 5.82.